The number of thioether (sulfide) groups is 1. The van der Waals surface area contributed by atoms with Crippen LogP contribution in [0.5, 0.6) is 17.2 Å². The lowest BCUT2D eigenvalue weighted by atomic mass is 10.1. The Morgan fingerprint density at radius 1 is 1.06 bits per heavy atom. The van der Waals surface area contributed by atoms with Crippen molar-refractivity contribution in [2.24, 2.45) is 0 Å². The van der Waals surface area contributed by atoms with Crippen LogP contribution in [-0.2, 0) is 4.79 Å². The number of nitrogens with one attached hydrogen (secondary N) is 1. The van der Waals surface area contributed by atoms with Gasteiger partial charge in [0.2, 0.25) is 12.7 Å². The number of carbonyl (C=O) groups is 2. The molecule has 1 saturated heterocycles. The number of rotatable bonds is 5. The lowest BCUT2D eigenvalue weighted by Crippen LogP contribution is -2.27. The summed E-state index contributed by atoms with van der Waals surface area (Å²) in [6.45, 7) is 0.180. The summed E-state index contributed by atoms with van der Waals surface area (Å²) >= 11 is 1.54. The highest BCUT2D eigenvalue weighted by molar-refractivity contribution is 8.00. The van der Waals surface area contributed by atoms with Crippen molar-refractivity contribution >= 4 is 35.0 Å². The molecule has 0 saturated carbocycles. The SMILES string of the molecule is COc1cccc(C(=O)Nc2cccc(C3SCC(=O)N3c3ccc4c(c3)OCO4)c2)c1. The molecule has 2 amide bonds. The number of benzene rings is 3. The van der Waals surface area contributed by atoms with E-state index in [1.165, 1.54) is 0 Å². The van der Waals surface area contributed by atoms with Gasteiger partial charge < -0.3 is 19.5 Å². The van der Waals surface area contributed by atoms with Gasteiger partial charge in [-0.15, -0.1) is 11.8 Å². The van der Waals surface area contributed by atoms with E-state index in [2.05, 4.69) is 5.32 Å². The van der Waals surface area contributed by atoms with Crippen LogP contribution in [0, 0.1) is 0 Å². The molecule has 8 heteroatoms. The summed E-state index contributed by atoms with van der Waals surface area (Å²) in [6.07, 6.45) is 0. The van der Waals surface area contributed by atoms with Crippen LogP contribution < -0.4 is 24.4 Å². The molecule has 0 radical (unpaired) electrons. The maximum atomic E-state index is 12.7. The molecule has 1 fully saturated rings. The molecule has 3 aromatic rings. The fourth-order valence-electron chi connectivity index (χ4n) is 3.72. The third kappa shape index (κ3) is 3.85. The normalized spacial score (nSPS) is 16.8. The quantitative estimate of drug-likeness (QED) is 0.621. The predicted molar refractivity (Wildman–Crippen MR) is 123 cm³/mol. The first-order chi connectivity index (χ1) is 15.6. The molecule has 162 valence electrons. The maximum Gasteiger partial charge on any atom is 0.255 e. The highest BCUT2D eigenvalue weighted by Crippen LogP contribution is 2.45. The second-order valence-electron chi connectivity index (χ2n) is 7.28. The number of ether oxygens (including phenoxy) is 3. The minimum absolute atomic E-state index is 0.0182. The molecule has 1 N–H and O–H groups in total. The molecule has 0 bridgehead atoms. The molecule has 5 rings (SSSR count). The number of hydrogen-bond donors (Lipinski definition) is 1. The van der Waals surface area contributed by atoms with Crippen molar-refractivity contribution in [3.8, 4) is 17.2 Å². The van der Waals surface area contributed by atoms with Crippen LogP contribution in [-0.4, -0.2) is 31.5 Å². The van der Waals surface area contributed by atoms with Crippen molar-refractivity contribution in [3.05, 3.63) is 77.9 Å². The molecule has 1 unspecified atom stereocenters. The summed E-state index contributed by atoms with van der Waals surface area (Å²) in [5, 5.41) is 2.72. The zero-order valence-corrected chi connectivity index (χ0v) is 18.1. The first kappa shape index (κ1) is 20.3. The Morgan fingerprint density at radius 2 is 1.91 bits per heavy atom. The molecule has 0 spiro atoms. The van der Waals surface area contributed by atoms with E-state index in [1.54, 1.807) is 48.0 Å². The summed E-state index contributed by atoms with van der Waals surface area (Å²) in [6, 6.07) is 20.0. The Bertz CT molecular complexity index is 1200. The summed E-state index contributed by atoms with van der Waals surface area (Å²) in [5.74, 6) is 2.08. The Labute approximate surface area is 189 Å². The Morgan fingerprint density at radius 3 is 2.78 bits per heavy atom. The summed E-state index contributed by atoms with van der Waals surface area (Å²) in [7, 11) is 1.56. The van der Waals surface area contributed by atoms with Crippen molar-refractivity contribution < 1.29 is 23.8 Å². The zero-order valence-electron chi connectivity index (χ0n) is 17.2. The molecular weight excluding hydrogens is 428 g/mol. The second kappa shape index (κ2) is 8.47. The number of carbonyl (C=O) groups excluding carboxylic acids is 2. The van der Waals surface area contributed by atoms with E-state index < -0.39 is 0 Å². The maximum absolute atomic E-state index is 12.7. The van der Waals surface area contributed by atoms with Crippen LogP contribution >= 0.6 is 11.8 Å². The molecule has 2 aliphatic rings. The van der Waals surface area contributed by atoms with E-state index >= 15 is 0 Å². The molecule has 2 aliphatic heterocycles. The van der Waals surface area contributed by atoms with Gasteiger partial charge in [0, 0.05) is 23.0 Å². The minimum Gasteiger partial charge on any atom is -0.497 e. The van der Waals surface area contributed by atoms with Gasteiger partial charge in [-0.1, -0.05) is 18.2 Å². The summed E-state index contributed by atoms with van der Waals surface area (Å²) in [4.78, 5) is 27.2. The smallest absolute Gasteiger partial charge is 0.255 e. The summed E-state index contributed by atoms with van der Waals surface area (Å²) < 4.78 is 16.0. The van der Waals surface area contributed by atoms with Crippen molar-refractivity contribution in [3.63, 3.8) is 0 Å². The van der Waals surface area contributed by atoms with Crippen molar-refractivity contribution in [1.29, 1.82) is 0 Å². The first-order valence-electron chi connectivity index (χ1n) is 10.0. The van der Waals surface area contributed by atoms with Crippen LogP contribution in [0.3, 0.4) is 0 Å². The monoisotopic (exact) mass is 448 g/mol. The predicted octanol–water partition coefficient (Wildman–Crippen LogP) is 4.45. The highest BCUT2D eigenvalue weighted by atomic mass is 32.2. The molecule has 32 heavy (non-hydrogen) atoms. The number of amides is 2. The lowest BCUT2D eigenvalue weighted by Gasteiger charge is -2.25. The van der Waals surface area contributed by atoms with Crippen molar-refractivity contribution in [2.45, 2.75) is 5.37 Å². The number of nitrogens with zero attached hydrogens (tertiary/aromatic N) is 1. The van der Waals surface area contributed by atoms with Gasteiger partial charge in [-0.2, -0.15) is 0 Å². The van der Waals surface area contributed by atoms with E-state index in [-0.39, 0.29) is 24.0 Å². The zero-order chi connectivity index (χ0) is 22.1. The largest absolute Gasteiger partial charge is 0.497 e. The van der Waals surface area contributed by atoms with E-state index in [9.17, 15) is 9.59 Å². The minimum atomic E-state index is -0.233. The first-order valence-corrected chi connectivity index (χ1v) is 11.1. The molecule has 2 heterocycles. The average Bonchev–Trinajstić information content (AvgIpc) is 3.45. The average molecular weight is 449 g/mol. The third-order valence-electron chi connectivity index (χ3n) is 5.26. The number of methoxy groups -OCH3 is 1. The molecule has 0 aliphatic carbocycles. The fraction of sp³-hybridized carbons (Fsp3) is 0.167. The second-order valence-corrected chi connectivity index (χ2v) is 8.34. The van der Waals surface area contributed by atoms with Gasteiger partial charge >= 0.3 is 0 Å². The van der Waals surface area contributed by atoms with E-state index in [4.69, 9.17) is 14.2 Å². The van der Waals surface area contributed by atoms with Gasteiger partial charge in [0.25, 0.3) is 5.91 Å². The van der Waals surface area contributed by atoms with E-state index in [0.717, 1.165) is 11.3 Å². The van der Waals surface area contributed by atoms with Gasteiger partial charge in [-0.05, 0) is 48.0 Å². The van der Waals surface area contributed by atoms with Gasteiger partial charge in [0.1, 0.15) is 11.1 Å². The van der Waals surface area contributed by atoms with Gasteiger partial charge in [-0.25, -0.2) is 0 Å². The van der Waals surface area contributed by atoms with Crippen LogP contribution in [0.25, 0.3) is 0 Å². The number of anilines is 2. The lowest BCUT2D eigenvalue weighted by molar-refractivity contribution is -0.115. The third-order valence-corrected chi connectivity index (χ3v) is 6.48. The highest BCUT2D eigenvalue weighted by Gasteiger charge is 2.35. The molecular formula is C24H20N2O5S. The van der Waals surface area contributed by atoms with Crippen LogP contribution in [0.4, 0.5) is 11.4 Å². The number of hydrogen-bond acceptors (Lipinski definition) is 6. The van der Waals surface area contributed by atoms with Gasteiger partial charge in [-0.3, -0.25) is 14.5 Å². The van der Waals surface area contributed by atoms with E-state index in [0.29, 0.717) is 34.3 Å². The Hall–Kier alpha value is -3.65. The van der Waals surface area contributed by atoms with Crippen LogP contribution in [0.15, 0.2) is 66.7 Å². The molecule has 3 aromatic carbocycles. The van der Waals surface area contributed by atoms with Crippen LogP contribution in [0.2, 0.25) is 0 Å². The summed E-state index contributed by atoms with van der Waals surface area (Å²) in [5.41, 5.74) is 2.82. The Balaban J connectivity index is 1.39. The molecule has 1 atom stereocenters. The fourth-order valence-corrected chi connectivity index (χ4v) is 4.89. The van der Waals surface area contributed by atoms with Gasteiger partial charge in [0.05, 0.1) is 12.9 Å². The van der Waals surface area contributed by atoms with Crippen LogP contribution in [0.1, 0.15) is 21.3 Å². The molecule has 0 aromatic heterocycles. The standard InChI is InChI=1S/C24H20N2O5S/c1-29-19-7-3-4-15(11-19)23(28)25-17-6-2-5-16(10-17)24-26(22(27)13-32-24)18-8-9-20-21(12-18)31-14-30-20/h2-12,24H,13-14H2,1H3,(H,25,28). The van der Waals surface area contributed by atoms with Gasteiger partial charge in [0.15, 0.2) is 11.5 Å². The molecule has 7 nitrogen and oxygen atoms in total. The number of fused-ring (bicyclic) bond motifs is 1. The Kier molecular flexibility index (Phi) is 5.36. The van der Waals surface area contributed by atoms with Crippen molar-refractivity contribution in [1.82, 2.24) is 0 Å². The van der Waals surface area contributed by atoms with E-state index in [1.807, 2.05) is 42.5 Å². The van der Waals surface area contributed by atoms with Crippen molar-refractivity contribution in [2.75, 3.05) is 29.9 Å². The topological polar surface area (TPSA) is 77.1 Å².